The van der Waals surface area contributed by atoms with E-state index in [1.54, 1.807) is 0 Å². The third-order valence-electron chi connectivity index (χ3n) is 5.83. The van der Waals surface area contributed by atoms with Gasteiger partial charge in [-0.1, -0.05) is 17.7 Å². The summed E-state index contributed by atoms with van der Waals surface area (Å²) in [7, 11) is 0. The van der Waals surface area contributed by atoms with Crippen LogP contribution in [0.15, 0.2) is 54.9 Å². The molecule has 4 rings (SSSR count). The number of rotatable bonds is 6. The zero-order valence-electron chi connectivity index (χ0n) is 18.3. The van der Waals surface area contributed by atoms with Crippen LogP contribution in [0.25, 0.3) is 11.1 Å². The number of benzene rings is 2. The molecule has 1 aromatic heterocycles. The number of allylic oxidation sites excluding steroid dienone is 2. The molecule has 0 saturated carbocycles. The molecule has 0 amide bonds. The van der Waals surface area contributed by atoms with Gasteiger partial charge in [0.05, 0.1) is 16.1 Å². The van der Waals surface area contributed by atoms with Gasteiger partial charge < -0.3 is 9.84 Å². The van der Waals surface area contributed by atoms with Crippen molar-refractivity contribution in [3.05, 3.63) is 93.5 Å². The van der Waals surface area contributed by atoms with Crippen LogP contribution in [0.2, 0.25) is 5.02 Å². The summed E-state index contributed by atoms with van der Waals surface area (Å²) in [6.45, 7) is -0.0733. The Bertz CT molecular complexity index is 1300. The normalized spacial score (nSPS) is 14.2. The number of carboxylic acids is 1. The van der Waals surface area contributed by atoms with Crippen LogP contribution in [0, 0.1) is 5.82 Å². The van der Waals surface area contributed by atoms with E-state index in [-0.39, 0.29) is 28.5 Å². The highest BCUT2D eigenvalue weighted by Crippen LogP contribution is 2.43. The summed E-state index contributed by atoms with van der Waals surface area (Å²) >= 11 is 6.08. The number of hydrogen-bond donors (Lipinski definition) is 1. The fraction of sp³-hybridized carbons (Fsp3) is 0.231. The minimum absolute atomic E-state index is 0.00797. The molecule has 0 bridgehead atoms. The second kappa shape index (κ2) is 10.1. The van der Waals surface area contributed by atoms with E-state index in [9.17, 15) is 27.5 Å². The maximum atomic E-state index is 13.6. The molecule has 0 fully saturated rings. The SMILES string of the molecule is O=C(O)c1cncc(C2=C(c3cc(C(F)(F)F)ccc3OCc3ccc(F)cc3Cl)CCCC2)c1. The molecule has 0 atom stereocenters. The van der Waals surface area contributed by atoms with Crippen LogP contribution in [-0.4, -0.2) is 16.1 Å². The van der Waals surface area contributed by atoms with Crippen molar-refractivity contribution in [1.29, 1.82) is 0 Å². The van der Waals surface area contributed by atoms with Gasteiger partial charge in [0.2, 0.25) is 0 Å². The van der Waals surface area contributed by atoms with Crippen LogP contribution in [-0.2, 0) is 12.8 Å². The highest BCUT2D eigenvalue weighted by atomic mass is 35.5. The summed E-state index contributed by atoms with van der Waals surface area (Å²) < 4.78 is 60.0. The Kier molecular flexibility index (Phi) is 7.12. The summed E-state index contributed by atoms with van der Waals surface area (Å²) in [5.74, 6) is -1.44. The first-order valence-electron chi connectivity index (χ1n) is 10.8. The van der Waals surface area contributed by atoms with Gasteiger partial charge in [0.25, 0.3) is 0 Å². The molecule has 1 heterocycles. The van der Waals surface area contributed by atoms with Crippen LogP contribution in [0.4, 0.5) is 17.6 Å². The molecule has 3 aromatic rings. The average molecular weight is 506 g/mol. The molecule has 0 saturated heterocycles. The highest BCUT2D eigenvalue weighted by Gasteiger charge is 2.32. The summed E-state index contributed by atoms with van der Waals surface area (Å²) in [5, 5.41) is 9.49. The molecular weight excluding hydrogens is 486 g/mol. The molecule has 9 heteroatoms. The van der Waals surface area contributed by atoms with Gasteiger partial charge in [-0.05, 0) is 78.8 Å². The van der Waals surface area contributed by atoms with E-state index in [4.69, 9.17) is 16.3 Å². The number of aromatic carboxylic acids is 1. The summed E-state index contributed by atoms with van der Waals surface area (Å²) in [5.41, 5.74) is 1.84. The van der Waals surface area contributed by atoms with Crippen molar-refractivity contribution in [3.63, 3.8) is 0 Å². The zero-order chi connectivity index (χ0) is 25.2. The molecule has 1 N–H and O–H groups in total. The first kappa shape index (κ1) is 24.7. The second-order valence-corrected chi connectivity index (χ2v) is 8.57. The van der Waals surface area contributed by atoms with Gasteiger partial charge in [-0.15, -0.1) is 0 Å². The molecule has 4 nitrogen and oxygen atoms in total. The first-order valence-corrected chi connectivity index (χ1v) is 11.2. The number of halogens is 5. The van der Waals surface area contributed by atoms with E-state index in [1.807, 2.05) is 0 Å². The number of carbonyl (C=O) groups is 1. The maximum absolute atomic E-state index is 13.6. The summed E-state index contributed by atoms with van der Waals surface area (Å²) in [6.07, 6.45) is 0.773. The summed E-state index contributed by atoms with van der Waals surface area (Å²) in [6, 6.07) is 8.55. The number of pyridine rings is 1. The smallest absolute Gasteiger partial charge is 0.416 e. The van der Waals surface area contributed by atoms with E-state index in [0.29, 0.717) is 29.5 Å². The number of carboxylic acid groups (broad SMARTS) is 1. The van der Waals surface area contributed by atoms with Crippen molar-refractivity contribution in [2.45, 2.75) is 38.5 Å². The monoisotopic (exact) mass is 505 g/mol. The van der Waals surface area contributed by atoms with Crippen molar-refractivity contribution in [2.24, 2.45) is 0 Å². The fourth-order valence-electron chi connectivity index (χ4n) is 4.11. The highest BCUT2D eigenvalue weighted by molar-refractivity contribution is 6.31. The summed E-state index contributed by atoms with van der Waals surface area (Å²) in [4.78, 5) is 15.4. The lowest BCUT2D eigenvalue weighted by Gasteiger charge is -2.24. The van der Waals surface area contributed by atoms with Gasteiger partial charge in [-0.3, -0.25) is 4.98 Å². The van der Waals surface area contributed by atoms with Crippen molar-refractivity contribution in [2.75, 3.05) is 0 Å². The number of hydrogen-bond acceptors (Lipinski definition) is 3. The second-order valence-electron chi connectivity index (χ2n) is 8.16. The molecule has 0 unspecified atom stereocenters. The van der Waals surface area contributed by atoms with Crippen molar-refractivity contribution >= 4 is 28.7 Å². The van der Waals surface area contributed by atoms with Gasteiger partial charge in [-0.25, -0.2) is 9.18 Å². The average Bonchev–Trinajstić information content (AvgIpc) is 2.83. The van der Waals surface area contributed by atoms with Gasteiger partial charge in [0.15, 0.2) is 0 Å². The molecule has 1 aliphatic carbocycles. The Balaban J connectivity index is 1.81. The van der Waals surface area contributed by atoms with Crippen LogP contribution in [0.5, 0.6) is 5.75 Å². The Morgan fingerprint density at radius 3 is 2.46 bits per heavy atom. The molecule has 0 radical (unpaired) electrons. The minimum Gasteiger partial charge on any atom is -0.488 e. The van der Waals surface area contributed by atoms with Crippen LogP contribution < -0.4 is 4.74 Å². The Morgan fingerprint density at radius 2 is 1.77 bits per heavy atom. The van der Waals surface area contributed by atoms with Crippen LogP contribution >= 0.6 is 11.6 Å². The third kappa shape index (κ3) is 5.65. The predicted molar refractivity (Wildman–Crippen MR) is 124 cm³/mol. The molecule has 2 aromatic carbocycles. The fourth-order valence-corrected chi connectivity index (χ4v) is 4.33. The maximum Gasteiger partial charge on any atom is 0.416 e. The largest absolute Gasteiger partial charge is 0.488 e. The van der Waals surface area contributed by atoms with Gasteiger partial charge in [0, 0.05) is 23.5 Å². The first-order chi connectivity index (χ1) is 16.6. The van der Waals surface area contributed by atoms with Gasteiger partial charge in [-0.2, -0.15) is 13.2 Å². The molecule has 1 aliphatic rings. The molecule has 0 spiro atoms. The molecule has 35 heavy (non-hydrogen) atoms. The number of nitrogens with zero attached hydrogens (tertiary/aromatic N) is 1. The number of alkyl halides is 3. The Hall–Kier alpha value is -3.39. The van der Waals surface area contributed by atoms with Gasteiger partial charge in [0.1, 0.15) is 18.2 Å². The Labute approximate surface area is 203 Å². The predicted octanol–water partition coefficient (Wildman–Crippen LogP) is 7.65. The van der Waals surface area contributed by atoms with E-state index < -0.39 is 23.5 Å². The van der Waals surface area contributed by atoms with Crippen LogP contribution in [0.1, 0.15) is 58.3 Å². The number of aromatic nitrogens is 1. The van der Waals surface area contributed by atoms with E-state index in [0.717, 1.165) is 36.6 Å². The molecular formula is C26H20ClF4NO3. The van der Waals surface area contributed by atoms with E-state index >= 15 is 0 Å². The zero-order valence-corrected chi connectivity index (χ0v) is 19.1. The van der Waals surface area contributed by atoms with Crippen molar-refractivity contribution in [3.8, 4) is 5.75 Å². The lowest BCUT2D eigenvalue weighted by Crippen LogP contribution is -2.09. The third-order valence-corrected chi connectivity index (χ3v) is 6.18. The Morgan fingerprint density at radius 1 is 1.03 bits per heavy atom. The quantitative estimate of drug-likeness (QED) is 0.349. The van der Waals surface area contributed by atoms with E-state index in [1.165, 1.54) is 36.7 Å². The molecule has 182 valence electrons. The lowest BCUT2D eigenvalue weighted by molar-refractivity contribution is -0.137. The van der Waals surface area contributed by atoms with Crippen LogP contribution in [0.3, 0.4) is 0 Å². The minimum atomic E-state index is -4.56. The van der Waals surface area contributed by atoms with E-state index in [2.05, 4.69) is 4.98 Å². The molecule has 0 aliphatic heterocycles. The van der Waals surface area contributed by atoms with Crippen molar-refractivity contribution in [1.82, 2.24) is 4.98 Å². The number of ether oxygens (including phenoxy) is 1. The van der Waals surface area contributed by atoms with Gasteiger partial charge >= 0.3 is 12.1 Å². The lowest BCUT2D eigenvalue weighted by atomic mass is 9.83. The standard InChI is InChI=1S/C26H20ClF4NO3/c27-23-11-19(28)7-5-15(23)14-35-24-8-6-18(26(29,30)31)10-22(24)21-4-2-1-3-20(21)16-9-17(25(33)34)13-32-12-16/h5-13H,1-4,14H2,(H,33,34). The van der Waals surface area contributed by atoms with Crippen molar-refractivity contribution < 1.29 is 32.2 Å². The topological polar surface area (TPSA) is 59.4 Å².